The largest absolute Gasteiger partial charge is 0.389 e. The normalized spacial score (nSPS) is 34.0. The fourth-order valence-electron chi connectivity index (χ4n) is 3.94. The minimum atomic E-state index is -1.10. The van der Waals surface area contributed by atoms with E-state index in [1.165, 1.54) is 0 Å². The second-order valence-electron chi connectivity index (χ2n) is 6.51. The maximum Gasteiger partial charge on any atom is 0.136 e. The van der Waals surface area contributed by atoms with E-state index in [1.54, 1.807) is 13.8 Å². The molecule has 116 valence electrons. The maximum absolute atomic E-state index is 12.3. The number of carbonyl (C=O) groups excluding carboxylic acids is 1. The van der Waals surface area contributed by atoms with Crippen molar-refractivity contribution in [1.29, 1.82) is 0 Å². The van der Waals surface area contributed by atoms with Crippen molar-refractivity contribution < 1.29 is 9.90 Å². The van der Waals surface area contributed by atoms with Crippen LogP contribution in [0, 0.1) is 11.8 Å². The van der Waals surface area contributed by atoms with Crippen molar-refractivity contribution in [3.05, 3.63) is 34.3 Å². The Morgan fingerprint density at radius 3 is 2.55 bits per heavy atom. The summed E-state index contributed by atoms with van der Waals surface area (Å²) < 4.78 is 0.990. The van der Waals surface area contributed by atoms with E-state index < -0.39 is 11.5 Å². The molecule has 0 bridgehead atoms. The van der Waals surface area contributed by atoms with Crippen LogP contribution in [0.25, 0.3) is 0 Å². The highest BCUT2D eigenvalue weighted by molar-refractivity contribution is 9.10. The molecule has 0 aromatic heterocycles. The Morgan fingerprint density at radius 2 is 1.95 bits per heavy atom. The van der Waals surface area contributed by atoms with Crippen LogP contribution in [0.3, 0.4) is 0 Å². The fraction of sp³-hybridized carbons (Fsp3) is 0.471. The number of ketones is 1. The van der Waals surface area contributed by atoms with Gasteiger partial charge < -0.3 is 5.11 Å². The molecule has 0 unspecified atom stereocenters. The van der Waals surface area contributed by atoms with Gasteiger partial charge in [0.15, 0.2) is 0 Å². The Hall–Kier alpha value is -1.33. The summed E-state index contributed by atoms with van der Waals surface area (Å²) in [6.45, 7) is 5.25. The van der Waals surface area contributed by atoms with Gasteiger partial charge in [-0.15, -0.1) is 0 Å². The summed E-state index contributed by atoms with van der Waals surface area (Å²) in [5.41, 5.74) is 1.74. The summed E-state index contributed by atoms with van der Waals surface area (Å²) in [6, 6.07) is 7.95. The van der Waals surface area contributed by atoms with Gasteiger partial charge in [0.25, 0.3) is 0 Å². The summed E-state index contributed by atoms with van der Waals surface area (Å²) in [7, 11) is 0. The van der Waals surface area contributed by atoms with Gasteiger partial charge in [-0.3, -0.25) is 4.79 Å². The number of aliphatic hydroxyl groups is 1. The van der Waals surface area contributed by atoms with Crippen LogP contribution in [0.2, 0.25) is 0 Å². The van der Waals surface area contributed by atoms with Crippen molar-refractivity contribution in [2.24, 2.45) is 22.0 Å². The number of nitrogens with zero attached hydrogens (tertiary/aromatic N) is 2. The van der Waals surface area contributed by atoms with Gasteiger partial charge in [0, 0.05) is 28.4 Å². The molecule has 5 heteroatoms. The molecular weight excluding hydrogens is 344 g/mol. The first-order valence-electron chi connectivity index (χ1n) is 7.40. The van der Waals surface area contributed by atoms with E-state index in [1.807, 2.05) is 31.2 Å². The summed E-state index contributed by atoms with van der Waals surface area (Å²) in [5, 5.41) is 19.3. The van der Waals surface area contributed by atoms with Gasteiger partial charge in [-0.25, -0.2) is 0 Å². The van der Waals surface area contributed by atoms with E-state index in [9.17, 15) is 9.90 Å². The van der Waals surface area contributed by atoms with Crippen molar-refractivity contribution in [3.63, 3.8) is 0 Å². The lowest BCUT2D eigenvalue weighted by Gasteiger charge is -2.45. The zero-order valence-corrected chi connectivity index (χ0v) is 14.5. The van der Waals surface area contributed by atoms with Crippen LogP contribution in [0.15, 0.2) is 38.9 Å². The van der Waals surface area contributed by atoms with Gasteiger partial charge in [0.1, 0.15) is 5.78 Å². The SMILES string of the molecule is CC(=O)[C@@H]1[C@@H](c2ccc(Br)cc2)[C@@H]2C(C)=NN=C2C[C@@]1(C)O. The predicted octanol–water partition coefficient (Wildman–Crippen LogP) is 3.34. The molecule has 1 aliphatic carbocycles. The van der Waals surface area contributed by atoms with E-state index in [2.05, 4.69) is 26.1 Å². The monoisotopic (exact) mass is 362 g/mol. The van der Waals surface area contributed by atoms with E-state index >= 15 is 0 Å². The third-order valence-corrected chi connectivity index (χ3v) is 5.29. The molecule has 0 radical (unpaired) electrons. The first kappa shape index (κ1) is 15.6. The second kappa shape index (κ2) is 5.39. The summed E-state index contributed by atoms with van der Waals surface area (Å²) in [6.07, 6.45) is 0.399. The topological polar surface area (TPSA) is 62.0 Å². The zero-order valence-electron chi connectivity index (χ0n) is 12.9. The summed E-state index contributed by atoms with van der Waals surface area (Å²) >= 11 is 3.44. The maximum atomic E-state index is 12.3. The molecule has 0 saturated heterocycles. The average molecular weight is 363 g/mol. The van der Waals surface area contributed by atoms with E-state index in [0.717, 1.165) is 21.5 Å². The molecule has 1 aromatic rings. The molecule has 1 aromatic carbocycles. The Bertz CT molecular complexity index is 676. The Morgan fingerprint density at radius 1 is 1.32 bits per heavy atom. The highest BCUT2D eigenvalue weighted by Crippen LogP contribution is 2.48. The third-order valence-electron chi connectivity index (χ3n) is 4.77. The van der Waals surface area contributed by atoms with Crippen LogP contribution in [-0.2, 0) is 4.79 Å². The first-order valence-corrected chi connectivity index (χ1v) is 8.20. The highest BCUT2D eigenvalue weighted by Gasteiger charge is 2.53. The lowest BCUT2D eigenvalue weighted by molar-refractivity contribution is -0.131. The van der Waals surface area contributed by atoms with E-state index in [-0.39, 0.29) is 17.6 Å². The molecule has 1 N–H and O–H groups in total. The molecule has 1 fully saturated rings. The Balaban J connectivity index is 2.14. The first-order chi connectivity index (χ1) is 10.3. The molecule has 0 amide bonds. The van der Waals surface area contributed by atoms with Gasteiger partial charge in [0.05, 0.1) is 17.2 Å². The van der Waals surface area contributed by atoms with Gasteiger partial charge in [0.2, 0.25) is 0 Å². The van der Waals surface area contributed by atoms with Crippen molar-refractivity contribution in [3.8, 4) is 0 Å². The van der Waals surface area contributed by atoms with Gasteiger partial charge in [-0.05, 0) is 38.5 Å². The van der Waals surface area contributed by atoms with Crippen LogP contribution in [0.1, 0.15) is 38.7 Å². The molecule has 3 rings (SSSR count). The lowest BCUT2D eigenvalue weighted by Crippen LogP contribution is -2.53. The fourth-order valence-corrected chi connectivity index (χ4v) is 4.20. The molecule has 1 aliphatic heterocycles. The van der Waals surface area contributed by atoms with Crippen LogP contribution in [-0.4, -0.2) is 27.9 Å². The molecule has 1 saturated carbocycles. The smallest absolute Gasteiger partial charge is 0.136 e. The standard InChI is InChI=1S/C17H19BrN2O2/c1-9-14-13(20-19-9)8-17(3,22)16(10(2)21)15(14)11-4-6-12(18)7-5-11/h4-7,14-16,22H,8H2,1-3H3/t14-,15+,16-,17-/m1/s1. The summed E-state index contributed by atoms with van der Waals surface area (Å²) in [4.78, 5) is 12.3. The summed E-state index contributed by atoms with van der Waals surface area (Å²) in [5.74, 6) is -0.563. The molecule has 4 nitrogen and oxygen atoms in total. The Kier molecular flexibility index (Phi) is 3.81. The van der Waals surface area contributed by atoms with E-state index in [4.69, 9.17) is 0 Å². The zero-order chi connectivity index (χ0) is 16.1. The molecule has 1 heterocycles. The predicted molar refractivity (Wildman–Crippen MR) is 90.3 cm³/mol. The number of halogens is 1. The lowest BCUT2D eigenvalue weighted by atomic mass is 9.59. The van der Waals surface area contributed by atoms with Gasteiger partial charge in [-0.1, -0.05) is 28.1 Å². The number of Topliss-reactive ketones (excluding diaryl/α,β-unsaturated/α-hetero) is 1. The molecule has 2 aliphatic rings. The molecule has 22 heavy (non-hydrogen) atoms. The number of carbonyl (C=O) groups is 1. The van der Waals surface area contributed by atoms with Gasteiger partial charge >= 0.3 is 0 Å². The number of hydrogen-bond donors (Lipinski definition) is 1. The molecule has 0 spiro atoms. The highest BCUT2D eigenvalue weighted by atomic mass is 79.9. The number of rotatable bonds is 2. The van der Waals surface area contributed by atoms with Gasteiger partial charge in [-0.2, -0.15) is 10.2 Å². The minimum absolute atomic E-state index is 0.00954. The van der Waals surface area contributed by atoms with Crippen LogP contribution < -0.4 is 0 Å². The molecular formula is C17H19BrN2O2. The quantitative estimate of drug-likeness (QED) is 0.876. The van der Waals surface area contributed by atoms with E-state index in [0.29, 0.717) is 6.42 Å². The van der Waals surface area contributed by atoms with Crippen molar-refractivity contribution in [2.45, 2.75) is 38.7 Å². The second-order valence-corrected chi connectivity index (χ2v) is 7.43. The van der Waals surface area contributed by atoms with Crippen LogP contribution in [0.5, 0.6) is 0 Å². The van der Waals surface area contributed by atoms with Crippen molar-refractivity contribution in [1.82, 2.24) is 0 Å². The third kappa shape index (κ3) is 2.46. The minimum Gasteiger partial charge on any atom is -0.389 e. The van der Waals surface area contributed by atoms with Crippen LogP contribution in [0.4, 0.5) is 0 Å². The molecule has 4 atom stereocenters. The van der Waals surface area contributed by atoms with Crippen molar-refractivity contribution in [2.75, 3.05) is 0 Å². The number of hydrogen-bond acceptors (Lipinski definition) is 4. The average Bonchev–Trinajstić information content (AvgIpc) is 2.77. The number of benzene rings is 1. The van der Waals surface area contributed by atoms with Crippen molar-refractivity contribution >= 4 is 33.1 Å². The Labute approximate surface area is 138 Å². The van der Waals surface area contributed by atoms with Crippen LogP contribution >= 0.6 is 15.9 Å². The number of fused-ring (bicyclic) bond motifs is 1.